The van der Waals surface area contributed by atoms with Gasteiger partial charge in [-0.2, -0.15) is 10.2 Å². The highest BCUT2D eigenvalue weighted by atomic mass is 15.3. The van der Waals surface area contributed by atoms with E-state index in [1.807, 2.05) is 22.6 Å². The largest absolute Gasteiger partial charge is 0.294 e. The van der Waals surface area contributed by atoms with Crippen molar-refractivity contribution >= 4 is 0 Å². The summed E-state index contributed by atoms with van der Waals surface area (Å²) in [6.07, 6.45) is 11.3. The minimum Gasteiger partial charge on any atom is -0.294 e. The van der Waals surface area contributed by atoms with Crippen LogP contribution >= 0.6 is 0 Å². The summed E-state index contributed by atoms with van der Waals surface area (Å²) in [5, 5.41) is 8.46. The number of aryl methyl sites for hydroxylation is 1. The van der Waals surface area contributed by atoms with Gasteiger partial charge in [-0.25, -0.2) is 4.98 Å². The third-order valence-electron chi connectivity index (χ3n) is 3.76. The predicted octanol–water partition coefficient (Wildman–Crippen LogP) is 1.07. The first-order valence-electron chi connectivity index (χ1n) is 6.85. The van der Waals surface area contributed by atoms with Gasteiger partial charge in [0.15, 0.2) is 0 Å². The van der Waals surface area contributed by atoms with Crippen molar-refractivity contribution in [3.8, 4) is 0 Å². The van der Waals surface area contributed by atoms with E-state index in [2.05, 4.69) is 26.3 Å². The lowest BCUT2D eigenvalue weighted by Gasteiger charge is -2.35. The molecule has 1 unspecified atom stereocenters. The van der Waals surface area contributed by atoms with Crippen LogP contribution in [0.1, 0.15) is 24.8 Å². The fourth-order valence-electron chi connectivity index (χ4n) is 2.81. The van der Waals surface area contributed by atoms with E-state index in [0.717, 1.165) is 19.6 Å². The molecule has 0 bridgehead atoms. The Morgan fingerprint density at radius 2 is 2.26 bits per heavy atom. The lowest BCUT2D eigenvalue weighted by Crippen LogP contribution is -2.41. The Kier molecular flexibility index (Phi) is 3.59. The molecule has 2 aromatic rings. The highest BCUT2D eigenvalue weighted by molar-refractivity contribution is 5.04. The summed E-state index contributed by atoms with van der Waals surface area (Å²) < 4.78 is 3.80. The van der Waals surface area contributed by atoms with Gasteiger partial charge in [0.2, 0.25) is 0 Å². The zero-order valence-electron chi connectivity index (χ0n) is 11.3. The molecule has 2 aromatic heterocycles. The number of likely N-dealkylation sites (tertiary alicyclic amines) is 1. The molecule has 0 aliphatic carbocycles. The van der Waals surface area contributed by atoms with Crippen molar-refractivity contribution in [3.63, 3.8) is 0 Å². The number of rotatable bonds is 4. The molecule has 6 heteroatoms. The Labute approximate surface area is 113 Å². The fourth-order valence-corrected chi connectivity index (χ4v) is 2.81. The molecule has 3 heterocycles. The molecule has 0 aromatic carbocycles. The predicted molar refractivity (Wildman–Crippen MR) is 71.3 cm³/mol. The van der Waals surface area contributed by atoms with Crippen LogP contribution in [-0.4, -0.2) is 42.0 Å². The molecule has 0 radical (unpaired) electrons. The van der Waals surface area contributed by atoms with Crippen LogP contribution in [0.3, 0.4) is 0 Å². The van der Waals surface area contributed by atoms with E-state index in [0.29, 0.717) is 6.04 Å². The van der Waals surface area contributed by atoms with Crippen LogP contribution in [-0.2, 0) is 20.1 Å². The van der Waals surface area contributed by atoms with Crippen LogP contribution in [0.5, 0.6) is 0 Å². The highest BCUT2D eigenvalue weighted by Crippen LogP contribution is 2.20. The SMILES string of the molecule is Cn1cc(CN2CCCCC2Cn2cncn2)cn1. The van der Waals surface area contributed by atoms with Gasteiger partial charge >= 0.3 is 0 Å². The van der Waals surface area contributed by atoms with Gasteiger partial charge in [0.1, 0.15) is 12.7 Å². The molecular formula is C13H20N6. The summed E-state index contributed by atoms with van der Waals surface area (Å²) in [4.78, 5) is 6.56. The van der Waals surface area contributed by atoms with Crippen LogP contribution in [0.2, 0.25) is 0 Å². The van der Waals surface area contributed by atoms with Gasteiger partial charge in [0.25, 0.3) is 0 Å². The Morgan fingerprint density at radius 3 is 3.00 bits per heavy atom. The third-order valence-corrected chi connectivity index (χ3v) is 3.76. The number of nitrogens with zero attached hydrogens (tertiary/aromatic N) is 6. The summed E-state index contributed by atoms with van der Waals surface area (Å²) in [6.45, 7) is 3.07. The summed E-state index contributed by atoms with van der Waals surface area (Å²) >= 11 is 0. The highest BCUT2D eigenvalue weighted by Gasteiger charge is 2.23. The molecule has 0 saturated carbocycles. The average molecular weight is 260 g/mol. The Hall–Kier alpha value is -1.69. The van der Waals surface area contributed by atoms with Gasteiger partial charge in [-0.15, -0.1) is 0 Å². The normalized spacial score (nSPS) is 20.8. The van der Waals surface area contributed by atoms with E-state index in [1.54, 1.807) is 12.7 Å². The van der Waals surface area contributed by atoms with Crippen molar-refractivity contribution in [1.29, 1.82) is 0 Å². The number of hydrogen-bond acceptors (Lipinski definition) is 4. The molecule has 1 atom stereocenters. The van der Waals surface area contributed by atoms with Crippen molar-refractivity contribution in [3.05, 3.63) is 30.6 Å². The van der Waals surface area contributed by atoms with Crippen LogP contribution in [0.25, 0.3) is 0 Å². The lowest BCUT2D eigenvalue weighted by molar-refractivity contribution is 0.122. The molecule has 102 valence electrons. The molecule has 1 saturated heterocycles. The average Bonchev–Trinajstić information content (AvgIpc) is 3.04. The van der Waals surface area contributed by atoms with E-state index in [9.17, 15) is 0 Å². The molecule has 0 spiro atoms. The second-order valence-electron chi connectivity index (χ2n) is 5.26. The standard InChI is InChI=1S/C13H20N6/c1-17-7-12(6-15-17)8-18-5-3-2-4-13(18)9-19-11-14-10-16-19/h6-7,10-11,13H,2-5,8-9H2,1H3. The molecule has 1 fully saturated rings. The van der Waals surface area contributed by atoms with Crippen LogP contribution in [0.15, 0.2) is 25.0 Å². The zero-order chi connectivity index (χ0) is 13.1. The second kappa shape index (κ2) is 5.52. The van der Waals surface area contributed by atoms with Crippen molar-refractivity contribution in [2.45, 2.75) is 38.4 Å². The van der Waals surface area contributed by atoms with E-state index in [-0.39, 0.29) is 0 Å². The molecule has 1 aliphatic rings. The van der Waals surface area contributed by atoms with Crippen molar-refractivity contribution in [2.75, 3.05) is 6.54 Å². The summed E-state index contributed by atoms with van der Waals surface area (Å²) in [7, 11) is 1.96. The molecule has 1 aliphatic heterocycles. The van der Waals surface area contributed by atoms with Gasteiger partial charge in [0.05, 0.1) is 12.7 Å². The van der Waals surface area contributed by atoms with Crippen molar-refractivity contribution in [1.82, 2.24) is 29.4 Å². The van der Waals surface area contributed by atoms with Crippen LogP contribution in [0, 0.1) is 0 Å². The van der Waals surface area contributed by atoms with Crippen molar-refractivity contribution in [2.24, 2.45) is 7.05 Å². The third kappa shape index (κ3) is 3.01. The van der Waals surface area contributed by atoms with Crippen molar-refractivity contribution < 1.29 is 0 Å². The molecule has 6 nitrogen and oxygen atoms in total. The Bertz CT molecular complexity index is 503. The minimum absolute atomic E-state index is 0.552. The quantitative estimate of drug-likeness (QED) is 0.825. The summed E-state index contributed by atoms with van der Waals surface area (Å²) in [6, 6.07) is 0.552. The first-order chi connectivity index (χ1) is 9.31. The molecule has 19 heavy (non-hydrogen) atoms. The van der Waals surface area contributed by atoms with Gasteiger partial charge in [-0.1, -0.05) is 6.42 Å². The Balaban J connectivity index is 1.66. The number of aromatic nitrogens is 5. The molecule has 3 rings (SSSR count). The zero-order valence-corrected chi connectivity index (χ0v) is 11.3. The van der Waals surface area contributed by atoms with Gasteiger partial charge in [-0.3, -0.25) is 14.3 Å². The Morgan fingerprint density at radius 1 is 1.32 bits per heavy atom. The first-order valence-corrected chi connectivity index (χ1v) is 6.85. The monoisotopic (exact) mass is 260 g/mol. The van der Waals surface area contributed by atoms with Gasteiger partial charge in [0, 0.05) is 31.4 Å². The summed E-state index contributed by atoms with van der Waals surface area (Å²) in [5.41, 5.74) is 1.29. The smallest absolute Gasteiger partial charge is 0.137 e. The second-order valence-corrected chi connectivity index (χ2v) is 5.26. The first kappa shape index (κ1) is 12.3. The maximum Gasteiger partial charge on any atom is 0.137 e. The van der Waals surface area contributed by atoms with Crippen LogP contribution < -0.4 is 0 Å². The maximum atomic E-state index is 4.25. The topological polar surface area (TPSA) is 51.8 Å². The van der Waals surface area contributed by atoms with E-state index in [4.69, 9.17) is 0 Å². The van der Waals surface area contributed by atoms with Gasteiger partial charge < -0.3 is 0 Å². The van der Waals surface area contributed by atoms with E-state index < -0.39 is 0 Å². The molecule has 0 amide bonds. The minimum atomic E-state index is 0.552. The fraction of sp³-hybridized carbons (Fsp3) is 0.615. The van der Waals surface area contributed by atoms with Crippen LogP contribution in [0.4, 0.5) is 0 Å². The van der Waals surface area contributed by atoms with Gasteiger partial charge in [-0.05, 0) is 19.4 Å². The van der Waals surface area contributed by atoms with E-state index >= 15 is 0 Å². The van der Waals surface area contributed by atoms with E-state index in [1.165, 1.54) is 24.8 Å². The number of piperidine rings is 1. The molecule has 0 N–H and O–H groups in total. The maximum absolute atomic E-state index is 4.25. The summed E-state index contributed by atoms with van der Waals surface area (Å²) in [5.74, 6) is 0. The number of hydrogen-bond donors (Lipinski definition) is 0. The lowest BCUT2D eigenvalue weighted by atomic mass is 10.0. The molecular weight excluding hydrogens is 240 g/mol.